The lowest BCUT2D eigenvalue weighted by Gasteiger charge is -2.11. The highest BCUT2D eigenvalue weighted by Crippen LogP contribution is 2.08. The van der Waals surface area contributed by atoms with Crippen LogP contribution >= 0.6 is 0 Å². The van der Waals surface area contributed by atoms with Gasteiger partial charge in [-0.15, -0.1) is 0 Å². The van der Waals surface area contributed by atoms with Crippen molar-refractivity contribution in [1.29, 1.82) is 0 Å². The molecule has 0 aliphatic carbocycles. The minimum absolute atomic E-state index is 0.0356. The van der Waals surface area contributed by atoms with Gasteiger partial charge in [-0.05, 0) is 25.5 Å². The molecule has 0 saturated carbocycles. The van der Waals surface area contributed by atoms with Gasteiger partial charge in [0.25, 0.3) is 5.91 Å². The van der Waals surface area contributed by atoms with Crippen molar-refractivity contribution >= 4 is 17.5 Å². The van der Waals surface area contributed by atoms with Crippen molar-refractivity contribution in [2.45, 2.75) is 25.8 Å². The molecule has 0 aromatic carbocycles. The molecule has 0 radical (unpaired) electrons. The molecule has 1 aromatic rings. The van der Waals surface area contributed by atoms with E-state index in [1.54, 1.807) is 12.3 Å². The van der Waals surface area contributed by atoms with Crippen LogP contribution in [0.1, 0.15) is 30.3 Å². The summed E-state index contributed by atoms with van der Waals surface area (Å²) >= 11 is 0. The van der Waals surface area contributed by atoms with Gasteiger partial charge < -0.3 is 16.0 Å². The number of anilines is 1. The minimum Gasteiger partial charge on any atom is -0.385 e. The molecule has 2 amide bonds. The van der Waals surface area contributed by atoms with Crippen molar-refractivity contribution in [2.24, 2.45) is 0 Å². The third-order valence-corrected chi connectivity index (χ3v) is 2.97. The van der Waals surface area contributed by atoms with Crippen molar-refractivity contribution in [1.82, 2.24) is 15.6 Å². The van der Waals surface area contributed by atoms with Crippen LogP contribution in [0.15, 0.2) is 18.3 Å². The van der Waals surface area contributed by atoms with Crippen LogP contribution in [0, 0.1) is 0 Å². The second kappa shape index (κ2) is 6.17. The summed E-state index contributed by atoms with van der Waals surface area (Å²) in [5.74, 6) is -0.174. The van der Waals surface area contributed by atoms with E-state index in [9.17, 15) is 9.59 Å². The van der Waals surface area contributed by atoms with Crippen molar-refractivity contribution in [3.8, 4) is 0 Å². The highest BCUT2D eigenvalue weighted by molar-refractivity contribution is 5.93. The first kappa shape index (κ1) is 13.3. The molecule has 1 saturated heterocycles. The molecule has 6 nitrogen and oxygen atoms in total. The normalized spacial score (nSPS) is 17.9. The molecule has 1 aliphatic heterocycles. The molecule has 2 heterocycles. The van der Waals surface area contributed by atoms with Crippen LogP contribution in [0.25, 0.3) is 0 Å². The number of hydrogen-bond donors (Lipinski definition) is 3. The fourth-order valence-corrected chi connectivity index (χ4v) is 2.01. The fraction of sp³-hybridized carbons (Fsp3) is 0.462. The number of aromatic nitrogens is 1. The summed E-state index contributed by atoms with van der Waals surface area (Å²) < 4.78 is 0. The summed E-state index contributed by atoms with van der Waals surface area (Å²) in [5, 5.41) is 8.72. The van der Waals surface area contributed by atoms with Crippen LogP contribution in [-0.4, -0.2) is 35.9 Å². The van der Waals surface area contributed by atoms with Gasteiger partial charge in [0.2, 0.25) is 5.91 Å². The van der Waals surface area contributed by atoms with Crippen LogP contribution in [0.2, 0.25) is 0 Å². The smallest absolute Gasteiger partial charge is 0.270 e. The van der Waals surface area contributed by atoms with E-state index in [4.69, 9.17) is 0 Å². The van der Waals surface area contributed by atoms with E-state index in [0.29, 0.717) is 18.7 Å². The maximum atomic E-state index is 11.9. The van der Waals surface area contributed by atoms with Crippen LogP contribution in [-0.2, 0) is 4.79 Å². The number of amides is 2. The highest BCUT2D eigenvalue weighted by Gasteiger charge is 2.21. The van der Waals surface area contributed by atoms with Gasteiger partial charge >= 0.3 is 0 Å². The van der Waals surface area contributed by atoms with E-state index >= 15 is 0 Å². The molecule has 1 atom stereocenters. The van der Waals surface area contributed by atoms with Gasteiger partial charge in [-0.25, -0.2) is 0 Å². The quantitative estimate of drug-likeness (QED) is 0.722. The van der Waals surface area contributed by atoms with E-state index < -0.39 is 0 Å². The first-order valence-corrected chi connectivity index (χ1v) is 6.46. The maximum Gasteiger partial charge on any atom is 0.270 e. The van der Waals surface area contributed by atoms with Crippen LogP contribution in [0.4, 0.5) is 5.69 Å². The Labute approximate surface area is 112 Å². The molecular formula is C13H18N4O2. The molecule has 102 valence electrons. The van der Waals surface area contributed by atoms with Gasteiger partial charge in [0.05, 0.1) is 0 Å². The Bertz CT molecular complexity index is 475. The first-order chi connectivity index (χ1) is 9.19. The molecule has 19 heavy (non-hydrogen) atoms. The summed E-state index contributed by atoms with van der Waals surface area (Å²) in [6.07, 6.45) is 2.91. The Morgan fingerprint density at radius 3 is 3.11 bits per heavy atom. The van der Waals surface area contributed by atoms with E-state index in [1.165, 1.54) is 0 Å². The van der Waals surface area contributed by atoms with Crippen LogP contribution in [0.3, 0.4) is 0 Å². The summed E-state index contributed by atoms with van der Waals surface area (Å²) in [6, 6.07) is 3.57. The fourth-order valence-electron chi connectivity index (χ4n) is 2.01. The largest absolute Gasteiger partial charge is 0.385 e. The summed E-state index contributed by atoms with van der Waals surface area (Å²) in [4.78, 5) is 27.0. The Morgan fingerprint density at radius 2 is 2.42 bits per heavy atom. The number of hydrogen-bond acceptors (Lipinski definition) is 4. The molecule has 0 spiro atoms. The van der Waals surface area contributed by atoms with Gasteiger partial charge in [0.15, 0.2) is 0 Å². The summed E-state index contributed by atoms with van der Waals surface area (Å²) in [5.41, 5.74) is 1.25. The number of nitrogens with zero attached hydrogens (tertiary/aromatic N) is 1. The van der Waals surface area contributed by atoms with Crippen molar-refractivity contribution in [3.63, 3.8) is 0 Å². The molecular weight excluding hydrogens is 244 g/mol. The zero-order chi connectivity index (χ0) is 13.7. The number of carbonyl (C=O) groups excluding carboxylic acids is 2. The maximum absolute atomic E-state index is 11.9. The zero-order valence-electron chi connectivity index (χ0n) is 10.9. The Kier molecular flexibility index (Phi) is 4.33. The molecule has 1 aromatic heterocycles. The Morgan fingerprint density at radius 1 is 1.58 bits per heavy atom. The van der Waals surface area contributed by atoms with E-state index in [2.05, 4.69) is 20.9 Å². The Balaban J connectivity index is 1.88. The number of pyridine rings is 1. The van der Waals surface area contributed by atoms with E-state index in [-0.39, 0.29) is 17.9 Å². The van der Waals surface area contributed by atoms with Gasteiger partial charge in [-0.1, -0.05) is 0 Å². The molecule has 0 bridgehead atoms. The lowest BCUT2D eigenvalue weighted by Crippen LogP contribution is -2.38. The van der Waals surface area contributed by atoms with Gasteiger partial charge in [-0.2, -0.15) is 0 Å². The van der Waals surface area contributed by atoms with Gasteiger partial charge in [0.1, 0.15) is 5.69 Å². The number of nitrogens with one attached hydrogen (secondary N) is 3. The number of rotatable bonds is 5. The second-order valence-electron chi connectivity index (χ2n) is 4.47. The van der Waals surface area contributed by atoms with E-state index in [0.717, 1.165) is 18.7 Å². The predicted octanol–water partition coefficient (Wildman–Crippen LogP) is 0.522. The summed E-state index contributed by atoms with van der Waals surface area (Å²) in [7, 11) is 0. The summed E-state index contributed by atoms with van der Waals surface area (Å²) in [6.45, 7) is 3.22. The highest BCUT2D eigenvalue weighted by atomic mass is 16.2. The molecule has 1 fully saturated rings. The van der Waals surface area contributed by atoms with Crippen molar-refractivity contribution in [2.75, 3.05) is 18.4 Å². The average Bonchev–Trinajstić information content (AvgIpc) is 2.82. The third kappa shape index (κ3) is 3.67. The lowest BCUT2D eigenvalue weighted by molar-refractivity contribution is -0.119. The molecule has 1 aliphatic rings. The third-order valence-electron chi connectivity index (χ3n) is 2.97. The minimum atomic E-state index is -0.221. The van der Waals surface area contributed by atoms with Gasteiger partial charge in [0, 0.05) is 37.4 Å². The van der Waals surface area contributed by atoms with Crippen molar-refractivity contribution in [3.05, 3.63) is 24.0 Å². The molecule has 6 heteroatoms. The molecule has 2 rings (SSSR count). The first-order valence-electron chi connectivity index (χ1n) is 6.46. The predicted molar refractivity (Wildman–Crippen MR) is 71.9 cm³/mol. The van der Waals surface area contributed by atoms with E-state index in [1.807, 2.05) is 13.0 Å². The molecule has 1 unspecified atom stereocenters. The van der Waals surface area contributed by atoms with Crippen LogP contribution in [0.5, 0.6) is 0 Å². The van der Waals surface area contributed by atoms with Crippen molar-refractivity contribution < 1.29 is 9.59 Å². The Hall–Kier alpha value is -2.11. The van der Waals surface area contributed by atoms with Crippen LogP contribution < -0.4 is 16.0 Å². The molecule has 3 N–H and O–H groups in total. The standard InChI is InChI=1S/C13H18N4O2/c1-2-14-9-5-6-15-11(7-9)13(19)16-8-10-3-4-12(18)17-10/h5-7,10H,2-4,8H2,1H3,(H,14,15)(H,16,19)(H,17,18). The lowest BCUT2D eigenvalue weighted by atomic mass is 10.2. The topological polar surface area (TPSA) is 83.1 Å². The van der Waals surface area contributed by atoms with Gasteiger partial charge in [-0.3, -0.25) is 14.6 Å². The monoisotopic (exact) mass is 262 g/mol. The zero-order valence-corrected chi connectivity index (χ0v) is 10.9. The SMILES string of the molecule is CCNc1ccnc(C(=O)NCC2CCC(=O)N2)c1. The average molecular weight is 262 g/mol. The number of carbonyl (C=O) groups is 2. The second-order valence-corrected chi connectivity index (χ2v) is 4.47.